The maximum Gasteiger partial charge on any atom is 0.255 e. The summed E-state index contributed by atoms with van der Waals surface area (Å²) in [4.78, 5) is 12.6. The summed E-state index contributed by atoms with van der Waals surface area (Å²) in [7, 11) is -2.46. The molecule has 0 aliphatic heterocycles. The number of hydrogen-bond acceptors (Lipinski definition) is 6. The second-order valence-corrected chi connectivity index (χ2v) is 13.4. The van der Waals surface area contributed by atoms with Crippen LogP contribution in [0, 0.1) is 29.3 Å². The van der Waals surface area contributed by atoms with Crippen LogP contribution in [0.5, 0.6) is 5.75 Å². The number of sulfone groups is 1. The lowest BCUT2D eigenvalue weighted by molar-refractivity contribution is -0.0866. The van der Waals surface area contributed by atoms with Crippen LogP contribution in [0.25, 0.3) is 0 Å². The van der Waals surface area contributed by atoms with Gasteiger partial charge in [-0.25, -0.2) is 21.6 Å². The van der Waals surface area contributed by atoms with Crippen LogP contribution in [0.2, 0.25) is 5.02 Å². The molecule has 5 rings (SSSR count). The molecule has 2 atom stereocenters. The Balaban J connectivity index is 1.29. The number of ether oxygens (including phenoxy) is 2. The number of anilines is 1. The average molecular weight is 624 g/mol. The fraction of sp³-hybridized carbons (Fsp3) is 0.367. The molecule has 3 aromatic rings. The number of methoxy groups -OCH3 is 1. The smallest absolute Gasteiger partial charge is 0.255 e. The molecule has 2 aliphatic carbocycles. The monoisotopic (exact) mass is 623 g/mol. The summed E-state index contributed by atoms with van der Waals surface area (Å²) >= 11 is 6.31. The lowest BCUT2D eigenvalue weighted by Gasteiger charge is -2.40. The Kier molecular flexibility index (Phi) is 8.58. The zero-order valence-electron chi connectivity index (χ0n) is 22.6. The molecule has 2 unspecified atom stereocenters. The Morgan fingerprint density at radius 1 is 1.02 bits per heavy atom. The van der Waals surface area contributed by atoms with E-state index in [-0.39, 0.29) is 59.1 Å². The third-order valence-corrected chi connectivity index (χ3v) is 10.9. The highest BCUT2D eigenvalue weighted by Crippen LogP contribution is 2.51. The Morgan fingerprint density at radius 3 is 2.24 bits per heavy atom. The molecule has 42 heavy (non-hydrogen) atoms. The number of hydrogen-bond donors (Lipinski definition) is 2. The van der Waals surface area contributed by atoms with Crippen LogP contribution in [-0.2, 0) is 21.2 Å². The third kappa shape index (κ3) is 6.15. The van der Waals surface area contributed by atoms with Crippen LogP contribution in [0.1, 0.15) is 41.6 Å². The quantitative estimate of drug-likeness (QED) is 0.287. The van der Waals surface area contributed by atoms with Crippen molar-refractivity contribution in [3.05, 3.63) is 88.2 Å². The average Bonchev–Trinajstić information content (AvgIpc) is 3.25. The lowest BCUT2D eigenvalue weighted by Crippen LogP contribution is -2.48. The molecule has 0 saturated heterocycles. The first kappa shape index (κ1) is 30.3. The maximum atomic E-state index is 13.9. The van der Waals surface area contributed by atoms with E-state index in [4.69, 9.17) is 21.1 Å². The number of nitrogens with one attached hydrogen (secondary N) is 1. The van der Waals surface area contributed by atoms with Crippen LogP contribution in [0.3, 0.4) is 0 Å². The third-order valence-electron chi connectivity index (χ3n) is 8.02. The van der Waals surface area contributed by atoms with E-state index in [0.29, 0.717) is 25.0 Å². The molecule has 2 bridgehead atoms. The molecule has 0 spiro atoms. The Bertz CT molecular complexity index is 1560. The van der Waals surface area contributed by atoms with Gasteiger partial charge >= 0.3 is 0 Å². The van der Waals surface area contributed by atoms with Gasteiger partial charge in [-0.05, 0) is 73.4 Å². The van der Waals surface area contributed by atoms with Crippen molar-refractivity contribution in [3.63, 3.8) is 0 Å². The van der Waals surface area contributed by atoms with E-state index < -0.39 is 44.0 Å². The van der Waals surface area contributed by atoms with Gasteiger partial charge in [0, 0.05) is 23.4 Å². The first-order valence-corrected chi connectivity index (χ1v) is 15.2. The van der Waals surface area contributed by atoms with Gasteiger partial charge in [-0.2, -0.15) is 0 Å². The second kappa shape index (κ2) is 11.9. The number of benzene rings is 3. The van der Waals surface area contributed by atoms with Gasteiger partial charge in [0.2, 0.25) is 0 Å². The van der Waals surface area contributed by atoms with Crippen LogP contribution in [0.4, 0.5) is 18.9 Å². The van der Waals surface area contributed by atoms with Crippen molar-refractivity contribution in [2.45, 2.75) is 48.0 Å². The minimum Gasteiger partial charge on any atom is -0.497 e. The van der Waals surface area contributed by atoms with Gasteiger partial charge in [0.25, 0.3) is 5.91 Å². The Morgan fingerprint density at radius 2 is 1.64 bits per heavy atom. The van der Waals surface area contributed by atoms with Crippen molar-refractivity contribution < 1.29 is 41.0 Å². The Labute approximate surface area is 246 Å². The summed E-state index contributed by atoms with van der Waals surface area (Å²) in [6, 6.07) is 12.3. The molecule has 12 heteroatoms. The normalized spacial score (nSPS) is 23.5. The Hall–Kier alpha value is -3.12. The van der Waals surface area contributed by atoms with E-state index in [1.54, 1.807) is 7.11 Å². The molecular formula is C30H29ClF3NO6S. The first-order chi connectivity index (χ1) is 19.9. The summed E-state index contributed by atoms with van der Waals surface area (Å²) in [5.41, 5.74) is -0.730. The molecule has 2 fully saturated rings. The van der Waals surface area contributed by atoms with Crippen molar-refractivity contribution in [1.29, 1.82) is 0 Å². The first-order valence-electron chi connectivity index (χ1n) is 13.3. The van der Waals surface area contributed by atoms with E-state index in [1.807, 2.05) is 24.3 Å². The van der Waals surface area contributed by atoms with Crippen molar-refractivity contribution in [2.24, 2.45) is 11.8 Å². The number of rotatable bonds is 9. The zero-order valence-corrected chi connectivity index (χ0v) is 24.2. The highest BCUT2D eigenvalue weighted by molar-refractivity contribution is 7.92. The highest BCUT2D eigenvalue weighted by Gasteiger charge is 2.54. The summed E-state index contributed by atoms with van der Waals surface area (Å²) in [6.07, 6.45) is 1.68. The highest BCUT2D eigenvalue weighted by atomic mass is 35.5. The summed E-state index contributed by atoms with van der Waals surface area (Å²) in [5.74, 6) is -5.47. The van der Waals surface area contributed by atoms with Crippen LogP contribution < -0.4 is 10.1 Å². The molecule has 224 valence electrons. The van der Waals surface area contributed by atoms with E-state index >= 15 is 0 Å². The van der Waals surface area contributed by atoms with Gasteiger partial charge in [0.15, 0.2) is 27.3 Å². The number of aliphatic hydroxyl groups is 1. The summed E-state index contributed by atoms with van der Waals surface area (Å²) in [6.45, 7) is 0.338. The van der Waals surface area contributed by atoms with E-state index in [2.05, 4.69) is 5.32 Å². The molecule has 0 aromatic heterocycles. The molecule has 7 nitrogen and oxygen atoms in total. The van der Waals surface area contributed by atoms with E-state index in [1.165, 1.54) is 12.1 Å². The number of carbonyl (C=O) groups excluding carboxylic acids is 1. The van der Waals surface area contributed by atoms with Crippen LogP contribution in [-0.4, -0.2) is 44.0 Å². The number of carbonyl (C=O) groups is 1. The van der Waals surface area contributed by atoms with Crippen molar-refractivity contribution >= 4 is 33.0 Å². The molecule has 0 heterocycles. The topological polar surface area (TPSA) is 102 Å². The molecule has 1 amide bonds. The largest absolute Gasteiger partial charge is 0.497 e. The maximum absolute atomic E-state index is 13.9. The minimum atomic E-state index is -4.04. The van der Waals surface area contributed by atoms with Crippen LogP contribution >= 0.6 is 11.6 Å². The van der Waals surface area contributed by atoms with Gasteiger partial charge < -0.3 is 19.9 Å². The van der Waals surface area contributed by atoms with Crippen molar-refractivity contribution in [1.82, 2.24) is 0 Å². The molecular weight excluding hydrogens is 595 g/mol. The molecule has 3 aromatic carbocycles. The van der Waals surface area contributed by atoms with E-state index in [9.17, 15) is 31.5 Å². The van der Waals surface area contributed by atoms with Gasteiger partial charge in [0.1, 0.15) is 5.75 Å². The van der Waals surface area contributed by atoms with E-state index in [0.717, 1.165) is 17.4 Å². The van der Waals surface area contributed by atoms with Gasteiger partial charge in [0.05, 0.1) is 41.1 Å². The number of halogens is 4. The number of amides is 1. The lowest BCUT2D eigenvalue weighted by atomic mass is 9.77. The summed E-state index contributed by atoms with van der Waals surface area (Å²) < 4.78 is 79.2. The van der Waals surface area contributed by atoms with Crippen molar-refractivity contribution in [2.75, 3.05) is 19.0 Å². The minimum absolute atomic E-state index is 0.0553. The molecule has 2 N–H and O–H groups in total. The second-order valence-electron chi connectivity index (χ2n) is 10.9. The fourth-order valence-corrected chi connectivity index (χ4v) is 9.03. The van der Waals surface area contributed by atoms with Gasteiger partial charge in [-0.1, -0.05) is 23.7 Å². The number of fused-ring (bicyclic) bond motifs is 2. The standard InChI is InChI=1S/C30H29ClF3NO6S/c1-40-22-7-2-17(3-8-22)15-41-16-30(37)13-19-4-5-20(14-30)28(19)42(38,39)26-10-18(6-9-23(26)31)29(36)35-21-11-24(32)27(34)25(33)12-21/h2-3,6-12,19-20,28,37H,4-5,13-16H2,1H3,(H,35,36). The SMILES string of the molecule is COc1ccc(COCC2(O)CC3CCC(C2)C3S(=O)(=O)c2cc(C(=O)Nc3cc(F)c(F)c(F)c3)ccc2Cl)cc1. The molecule has 0 radical (unpaired) electrons. The summed E-state index contributed by atoms with van der Waals surface area (Å²) in [5, 5.41) is 12.7. The fourth-order valence-electron chi connectivity index (χ4n) is 6.18. The van der Waals surface area contributed by atoms with Crippen molar-refractivity contribution in [3.8, 4) is 5.75 Å². The predicted molar refractivity (Wildman–Crippen MR) is 150 cm³/mol. The molecule has 2 saturated carbocycles. The zero-order chi connectivity index (χ0) is 30.2. The predicted octanol–water partition coefficient (Wildman–Crippen LogP) is 5.93. The molecule has 2 aliphatic rings. The van der Waals surface area contributed by atoms with Crippen LogP contribution in [0.15, 0.2) is 59.5 Å². The van der Waals surface area contributed by atoms with Gasteiger partial charge in [-0.15, -0.1) is 0 Å². The van der Waals surface area contributed by atoms with Gasteiger partial charge in [-0.3, -0.25) is 4.79 Å².